The SMILES string of the molecule is CN(C)CC1CCc2cc(NC(=O)c3c#cc(N4C(=O)c5ccccc5C4=O)cc3)ccc2C1. The van der Waals surface area contributed by atoms with E-state index in [1.165, 1.54) is 11.1 Å². The van der Waals surface area contributed by atoms with Crippen molar-refractivity contribution in [3.8, 4) is 0 Å². The molecule has 0 saturated heterocycles. The highest BCUT2D eigenvalue weighted by atomic mass is 16.2. The summed E-state index contributed by atoms with van der Waals surface area (Å²) in [7, 11) is 4.21. The molecule has 0 saturated carbocycles. The highest BCUT2D eigenvalue weighted by Gasteiger charge is 2.36. The molecule has 0 aromatic heterocycles. The van der Waals surface area contributed by atoms with Gasteiger partial charge in [-0.3, -0.25) is 14.4 Å². The molecule has 0 spiro atoms. The van der Waals surface area contributed by atoms with Crippen molar-refractivity contribution in [2.24, 2.45) is 5.92 Å². The van der Waals surface area contributed by atoms with Crippen molar-refractivity contribution in [2.75, 3.05) is 30.9 Å². The van der Waals surface area contributed by atoms with Crippen molar-refractivity contribution < 1.29 is 14.4 Å². The summed E-state index contributed by atoms with van der Waals surface area (Å²) in [6.45, 7) is 1.08. The summed E-state index contributed by atoms with van der Waals surface area (Å²) >= 11 is 0. The van der Waals surface area contributed by atoms with Crippen LogP contribution in [0.1, 0.15) is 48.6 Å². The number of anilines is 2. The Morgan fingerprint density at radius 2 is 1.74 bits per heavy atom. The molecule has 3 aromatic carbocycles. The van der Waals surface area contributed by atoms with Gasteiger partial charge in [0.15, 0.2) is 0 Å². The number of hydrogen-bond acceptors (Lipinski definition) is 4. The average Bonchev–Trinajstić information content (AvgIpc) is 3.09. The van der Waals surface area contributed by atoms with Gasteiger partial charge < -0.3 is 10.2 Å². The molecule has 0 fully saturated rings. The van der Waals surface area contributed by atoms with E-state index in [1.807, 2.05) is 6.07 Å². The zero-order valence-electron chi connectivity index (χ0n) is 19.2. The minimum Gasteiger partial charge on any atom is -0.321 e. The Kier molecular flexibility index (Phi) is 5.64. The molecule has 0 bridgehead atoms. The Morgan fingerprint density at radius 3 is 2.38 bits per heavy atom. The van der Waals surface area contributed by atoms with Gasteiger partial charge in [-0.05, 0) is 92.9 Å². The zero-order valence-corrected chi connectivity index (χ0v) is 19.2. The van der Waals surface area contributed by atoms with Crippen molar-refractivity contribution in [3.63, 3.8) is 0 Å². The first-order chi connectivity index (χ1) is 16.4. The third kappa shape index (κ3) is 4.07. The van der Waals surface area contributed by atoms with Gasteiger partial charge in [-0.25, -0.2) is 4.90 Å². The summed E-state index contributed by atoms with van der Waals surface area (Å²) in [6.07, 6.45) is 3.21. The van der Waals surface area contributed by atoms with Gasteiger partial charge in [-0.15, -0.1) is 0 Å². The Morgan fingerprint density at radius 1 is 1.00 bits per heavy atom. The quantitative estimate of drug-likeness (QED) is 0.595. The third-order valence-corrected chi connectivity index (χ3v) is 6.43. The number of aryl methyl sites for hydroxylation is 1. The molecule has 5 rings (SSSR count). The van der Waals surface area contributed by atoms with Gasteiger partial charge >= 0.3 is 0 Å². The van der Waals surface area contributed by atoms with Gasteiger partial charge in [0.05, 0.1) is 16.7 Å². The molecule has 1 aliphatic heterocycles. The number of amides is 3. The molecule has 6 heteroatoms. The second-order valence-electron chi connectivity index (χ2n) is 9.18. The zero-order chi connectivity index (χ0) is 23.8. The summed E-state index contributed by atoms with van der Waals surface area (Å²) in [6, 6.07) is 21.5. The fourth-order valence-corrected chi connectivity index (χ4v) is 4.83. The number of benzene rings is 2. The molecule has 1 heterocycles. The first kappa shape index (κ1) is 21.9. The summed E-state index contributed by atoms with van der Waals surface area (Å²) in [5.74, 6) is -0.450. The van der Waals surface area contributed by atoms with E-state index in [0.29, 0.717) is 17.0 Å². The monoisotopic (exact) mass is 451 g/mol. The van der Waals surface area contributed by atoms with Gasteiger partial charge in [0.1, 0.15) is 5.69 Å². The second kappa shape index (κ2) is 8.77. The highest BCUT2D eigenvalue weighted by Crippen LogP contribution is 2.29. The molecular weight excluding hydrogens is 426 g/mol. The number of carbonyl (C=O) groups is 3. The number of rotatable bonds is 5. The number of imide groups is 1. The minimum atomic E-state index is -0.399. The fraction of sp³-hybridized carbons (Fsp3) is 0.250. The van der Waals surface area contributed by atoms with E-state index >= 15 is 0 Å². The van der Waals surface area contributed by atoms with Crippen LogP contribution in [0.15, 0.2) is 54.6 Å². The van der Waals surface area contributed by atoms with Crippen LogP contribution in [0.25, 0.3) is 0 Å². The van der Waals surface area contributed by atoms with Crippen LogP contribution in [0.3, 0.4) is 0 Å². The largest absolute Gasteiger partial charge is 0.321 e. The molecule has 1 aliphatic carbocycles. The predicted molar refractivity (Wildman–Crippen MR) is 130 cm³/mol. The van der Waals surface area contributed by atoms with Crippen LogP contribution in [0.5, 0.6) is 0 Å². The van der Waals surface area contributed by atoms with E-state index in [0.717, 1.165) is 36.4 Å². The van der Waals surface area contributed by atoms with Crippen molar-refractivity contribution in [3.05, 3.63) is 94.5 Å². The van der Waals surface area contributed by atoms with E-state index in [1.54, 1.807) is 36.4 Å². The molecule has 34 heavy (non-hydrogen) atoms. The van der Waals surface area contributed by atoms with Gasteiger partial charge in [-0.2, -0.15) is 0 Å². The lowest BCUT2D eigenvalue weighted by molar-refractivity contribution is 0.0925. The molecule has 1 atom stereocenters. The van der Waals surface area contributed by atoms with Gasteiger partial charge in [0.25, 0.3) is 17.7 Å². The van der Waals surface area contributed by atoms with Crippen molar-refractivity contribution >= 4 is 29.1 Å². The lowest BCUT2D eigenvalue weighted by Crippen LogP contribution is -2.29. The van der Waals surface area contributed by atoms with Gasteiger partial charge in [-0.1, -0.05) is 24.3 Å². The first-order valence-electron chi connectivity index (χ1n) is 11.4. The molecule has 2 aliphatic rings. The molecule has 0 radical (unpaired) electrons. The lowest BCUT2D eigenvalue weighted by atomic mass is 9.83. The molecule has 6 nitrogen and oxygen atoms in total. The minimum absolute atomic E-state index is 0.267. The maximum atomic E-state index is 12.8. The van der Waals surface area contributed by atoms with Crippen molar-refractivity contribution in [1.29, 1.82) is 0 Å². The van der Waals surface area contributed by atoms with Crippen molar-refractivity contribution in [2.45, 2.75) is 19.3 Å². The molecule has 1 N–H and O–H groups in total. The second-order valence-corrected chi connectivity index (χ2v) is 9.18. The Balaban J connectivity index is 1.27. The van der Waals surface area contributed by atoms with E-state index in [-0.39, 0.29) is 17.2 Å². The smallest absolute Gasteiger partial charge is 0.266 e. The number of hydrogen-bond donors (Lipinski definition) is 1. The average molecular weight is 452 g/mol. The molecular formula is C28H25N3O3. The Labute approximate surface area is 199 Å². The number of fused-ring (bicyclic) bond motifs is 2. The van der Waals surface area contributed by atoms with E-state index in [4.69, 9.17) is 0 Å². The fourth-order valence-electron chi connectivity index (χ4n) is 4.83. The van der Waals surface area contributed by atoms with Gasteiger partial charge in [0.2, 0.25) is 0 Å². The normalized spacial score (nSPS) is 16.8. The third-order valence-electron chi connectivity index (χ3n) is 6.43. The van der Waals surface area contributed by atoms with Crippen LogP contribution in [-0.4, -0.2) is 43.3 Å². The topological polar surface area (TPSA) is 69.7 Å². The van der Waals surface area contributed by atoms with Crippen LogP contribution >= 0.6 is 0 Å². The summed E-state index contributed by atoms with van der Waals surface area (Å²) in [5.41, 5.74) is 4.65. The maximum Gasteiger partial charge on any atom is 0.266 e. The molecule has 3 aromatic rings. The van der Waals surface area contributed by atoms with E-state index in [2.05, 4.69) is 48.6 Å². The Bertz CT molecular complexity index is 1250. The maximum absolute atomic E-state index is 12.8. The van der Waals surface area contributed by atoms with Gasteiger partial charge in [0, 0.05) is 12.2 Å². The standard InChI is InChI=1S/C28H25N3O3/c1-30(2)17-18-7-8-21-16-22(12-9-20(21)15-18)29-26(32)19-10-13-23(14-11-19)31-27(33)24-5-3-4-6-25(24)28(31)34/h3-6,9-10,12-13,16,18H,7-8,15,17H2,1-2H3,(H,29,32). The summed E-state index contributed by atoms with van der Waals surface area (Å²) < 4.78 is 0. The van der Waals surface area contributed by atoms with E-state index in [9.17, 15) is 14.4 Å². The number of carbonyl (C=O) groups excluding carboxylic acids is 3. The summed E-state index contributed by atoms with van der Waals surface area (Å²) in [4.78, 5) is 41.4. The molecule has 3 amide bonds. The molecule has 1 unspecified atom stereocenters. The first-order valence-corrected chi connectivity index (χ1v) is 11.4. The van der Waals surface area contributed by atoms with Crippen LogP contribution in [0, 0.1) is 18.1 Å². The number of nitrogens with zero attached hydrogens (tertiary/aromatic N) is 2. The van der Waals surface area contributed by atoms with E-state index < -0.39 is 11.8 Å². The molecule has 170 valence electrons. The van der Waals surface area contributed by atoms with Crippen LogP contribution in [0.4, 0.5) is 11.4 Å². The summed E-state index contributed by atoms with van der Waals surface area (Å²) in [5, 5.41) is 2.93. The van der Waals surface area contributed by atoms with Crippen LogP contribution < -0.4 is 10.2 Å². The predicted octanol–water partition coefficient (Wildman–Crippen LogP) is 4.01. The van der Waals surface area contributed by atoms with Crippen LogP contribution in [-0.2, 0) is 12.8 Å². The number of nitrogens with one attached hydrogen (secondary N) is 1. The van der Waals surface area contributed by atoms with Crippen LogP contribution in [0.2, 0.25) is 0 Å². The van der Waals surface area contributed by atoms with Crippen molar-refractivity contribution in [1.82, 2.24) is 4.90 Å². The Hall–Kier alpha value is -3.95. The lowest BCUT2D eigenvalue weighted by Gasteiger charge is -2.27. The highest BCUT2D eigenvalue weighted by molar-refractivity contribution is 6.34.